The molecule has 1 amide bonds. The Hall–Kier alpha value is -2.08. The number of para-hydroxylation sites is 2. The fraction of sp³-hybridized carbons (Fsp3) is 0.529. The summed E-state index contributed by atoms with van der Waals surface area (Å²) >= 11 is 0. The third-order valence-electron chi connectivity index (χ3n) is 3.58. The first kappa shape index (κ1) is 17.3. The molecule has 0 radical (unpaired) electrons. The number of aliphatic hydroxyl groups is 1. The van der Waals surface area contributed by atoms with E-state index in [1.165, 1.54) is 4.57 Å². The number of oxazole rings is 1. The molecule has 6 heteroatoms. The van der Waals surface area contributed by atoms with Crippen molar-refractivity contribution in [3.05, 3.63) is 34.8 Å². The lowest BCUT2D eigenvalue weighted by atomic mass is 9.88. The Labute approximate surface area is 135 Å². The molecule has 1 aromatic carbocycles. The van der Waals surface area contributed by atoms with Gasteiger partial charge in [-0.3, -0.25) is 9.36 Å². The molecule has 2 aromatic rings. The quantitative estimate of drug-likeness (QED) is 0.851. The topological polar surface area (TPSA) is 84.5 Å². The van der Waals surface area contributed by atoms with Crippen LogP contribution in [0.4, 0.5) is 0 Å². The van der Waals surface area contributed by atoms with Gasteiger partial charge in [0.25, 0.3) is 0 Å². The Kier molecular flexibility index (Phi) is 5.26. The van der Waals surface area contributed by atoms with E-state index in [-0.39, 0.29) is 36.9 Å². The van der Waals surface area contributed by atoms with Crippen LogP contribution in [-0.2, 0) is 11.3 Å². The molecule has 1 heterocycles. The lowest BCUT2D eigenvalue weighted by molar-refractivity contribution is -0.122. The summed E-state index contributed by atoms with van der Waals surface area (Å²) in [5, 5.41) is 12.2. The summed E-state index contributed by atoms with van der Waals surface area (Å²) in [5.41, 5.74) is 1.20. The minimum Gasteiger partial charge on any atom is -0.408 e. The summed E-state index contributed by atoms with van der Waals surface area (Å²) < 4.78 is 6.59. The fourth-order valence-corrected chi connectivity index (χ4v) is 2.64. The van der Waals surface area contributed by atoms with Crippen molar-refractivity contribution in [2.45, 2.75) is 46.2 Å². The van der Waals surface area contributed by atoms with Crippen molar-refractivity contribution in [1.82, 2.24) is 9.88 Å². The minimum absolute atomic E-state index is 0.0123. The molecule has 0 aliphatic heterocycles. The zero-order valence-electron chi connectivity index (χ0n) is 13.8. The first-order valence-corrected chi connectivity index (χ1v) is 7.79. The highest BCUT2D eigenvalue weighted by Gasteiger charge is 2.20. The first-order chi connectivity index (χ1) is 10.8. The number of carbonyl (C=O) groups is 1. The highest BCUT2D eigenvalue weighted by molar-refractivity contribution is 5.77. The Morgan fingerprint density at radius 3 is 2.70 bits per heavy atom. The van der Waals surface area contributed by atoms with Gasteiger partial charge in [0.05, 0.1) is 18.2 Å². The van der Waals surface area contributed by atoms with Gasteiger partial charge in [-0.1, -0.05) is 32.9 Å². The number of aromatic nitrogens is 1. The maximum Gasteiger partial charge on any atom is 0.419 e. The van der Waals surface area contributed by atoms with Gasteiger partial charge in [0, 0.05) is 13.0 Å². The molecule has 6 nitrogen and oxygen atoms in total. The fourth-order valence-electron chi connectivity index (χ4n) is 2.64. The standard InChI is InChI=1S/C17H24N2O4/c1-17(2,3)10-12(11-20)18-15(21)8-9-19-13-6-4-5-7-14(13)23-16(19)22/h4-7,12,20H,8-11H2,1-3H3,(H,18,21). The van der Waals surface area contributed by atoms with E-state index in [2.05, 4.69) is 26.1 Å². The van der Waals surface area contributed by atoms with Crippen LogP contribution in [0.2, 0.25) is 0 Å². The summed E-state index contributed by atoms with van der Waals surface area (Å²) in [6, 6.07) is 6.84. The zero-order valence-corrected chi connectivity index (χ0v) is 13.8. The largest absolute Gasteiger partial charge is 0.419 e. The first-order valence-electron chi connectivity index (χ1n) is 7.79. The van der Waals surface area contributed by atoms with Crippen molar-refractivity contribution >= 4 is 17.0 Å². The van der Waals surface area contributed by atoms with Gasteiger partial charge in [0.15, 0.2) is 5.58 Å². The Morgan fingerprint density at radius 1 is 1.35 bits per heavy atom. The van der Waals surface area contributed by atoms with Crippen LogP contribution in [0.5, 0.6) is 0 Å². The highest BCUT2D eigenvalue weighted by Crippen LogP contribution is 2.20. The highest BCUT2D eigenvalue weighted by atomic mass is 16.4. The molecule has 0 bridgehead atoms. The number of aryl methyl sites for hydroxylation is 1. The average molecular weight is 320 g/mol. The summed E-state index contributed by atoms with van der Waals surface area (Å²) in [7, 11) is 0. The second-order valence-corrected chi connectivity index (χ2v) is 6.95. The molecule has 1 aromatic heterocycles. The number of nitrogens with zero attached hydrogens (tertiary/aromatic N) is 1. The van der Waals surface area contributed by atoms with E-state index in [0.717, 1.165) is 0 Å². The van der Waals surface area contributed by atoms with Gasteiger partial charge in [0.1, 0.15) is 0 Å². The molecule has 0 fully saturated rings. The van der Waals surface area contributed by atoms with Gasteiger partial charge < -0.3 is 14.8 Å². The van der Waals surface area contributed by atoms with Gasteiger partial charge in [-0.05, 0) is 24.0 Å². The number of nitrogens with one attached hydrogen (secondary N) is 1. The summed E-state index contributed by atoms with van der Waals surface area (Å²) in [4.78, 5) is 23.9. The van der Waals surface area contributed by atoms with Crippen molar-refractivity contribution in [3.63, 3.8) is 0 Å². The average Bonchev–Trinajstić information content (AvgIpc) is 2.78. The molecule has 2 N–H and O–H groups in total. The molecule has 0 saturated carbocycles. The van der Waals surface area contributed by atoms with Gasteiger partial charge in [0.2, 0.25) is 5.91 Å². The Balaban J connectivity index is 1.98. The van der Waals surface area contributed by atoms with Crippen LogP contribution in [0.3, 0.4) is 0 Å². The predicted octanol–water partition coefficient (Wildman–Crippen LogP) is 1.90. The molecule has 0 aliphatic carbocycles. The van der Waals surface area contributed by atoms with Crippen molar-refractivity contribution in [2.75, 3.05) is 6.61 Å². The van der Waals surface area contributed by atoms with Crippen molar-refractivity contribution in [2.24, 2.45) is 5.41 Å². The summed E-state index contributed by atoms with van der Waals surface area (Å²) in [6.07, 6.45) is 0.841. The van der Waals surface area contributed by atoms with Crippen LogP contribution in [0, 0.1) is 5.41 Å². The third-order valence-corrected chi connectivity index (χ3v) is 3.58. The number of aliphatic hydroxyl groups excluding tert-OH is 1. The lowest BCUT2D eigenvalue weighted by Crippen LogP contribution is -2.40. The molecule has 23 heavy (non-hydrogen) atoms. The normalized spacial score (nSPS) is 13.2. The van der Waals surface area contributed by atoms with E-state index >= 15 is 0 Å². The maximum atomic E-state index is 12.1. The van der Waals surface area contributed by atoms with Crippen LogP contribution in [0.15, 0.2) is 33.5 Å². The van der Waals surface area contributed by atoms with E-state index in [1.807, 2.05) is 6.07 Å². The van der Waals surface area contributed by atoms with Gasteiger partial charge in [-0.2, -0.15) is 0 Å². The van der Waals surface area contributed by atoms with Crippen LogP contribution < -0.4 is 11.1 Å². The molecule has 126 valence electrons. The van der Waals surface area contributed by atoms with E-state index in [1.54, 1.807) is 18.2 Å². The maximum absolute atomic E-state index is 12.1. The third kappa shape index (κ3) is 4.69. The summed E-state index contributed by atoms with van der Waals surface area (Å²) in [6.45, 7) is 6.31. The second-order valence-electron chi connectivity index (χ2n) is 6.95. The SMILES string of the molecule is CC(C)(C)CC(CO)NC(=O)CCn1c(=O)oc2ccccc21. The van der Waals surface area contributed by atoms with E-state index < -0.39 is 5.76 Å². The van der Waals surface area contributed by atoms with Crippen LogP contribution in [-0.4, -0.2) is 28.2 Å². The molecule has 2 rings (SSSR count). The van der Waals surface area contributed by atoms with Crippen LogP contribution >= 0.6 is 0 Å². The molecular formula is C17H24N2O4. The van der Waals surface area contributed by atoms with Crippen LogP contribution in [0.25, 0.3) is 11.1 Å². The van der Waals surface area contributed by atoms with E-state index in [9.17, 15) is 14.7 Å². The molecule has 0 saturated heterocycles. The van der Waals surface area contributed by atoms with Crippen molar-refractivity contribution < 1.29 is 14.3 Å². The zero-order chi connectivity index (χ0) is 17.0. The monoisotopic (exact) mass is 320 g/mol. The minimum atomic E-state index is -0.465. The van der Waals surface area contributed by atoms with E-state index in [0.29, 0.717) is 17.5 Å². The lowest BCUT2D eigenvalue weighted by Gasteiger charge is -2.25. The van der Waals surface area contributed by atoms with Gasteiger partial charge >= 0.3 is 5.76 Å². The number of hydrogen-bond donors (Lipinski definition) is 2. The number of hydrogen-bond acceptors (Lipinski definition) is 4. The number of carbonyl (C=O) groups excluding carboxylic acids is 1. The Morgan fingerprint density at radius 2 is 2.04 bits per heavy atom. The molecule has 1 unspecified atom stereocenters. The molecule has 1 atom stereocenters. The molecule has 0 aliphatic rings. The predicted molar refractivity (Wildman–Crippen MR) is 88.2 cm³/mol. The van der Waals surface area contributed by atoms with Crippen molar-refractivity contribution in [3.8, 4) is 0 Å². The summed E-state index contributed by atoms with van der Waals surface area (Å²) in [5.74, 6) is -0.655. The van der Waals surface area contributed by atoms with Gasteiger partial charge in [-0.25, -0.2) is 4.79 Å². The number of amides is 1. The number of rotatable bonds is 6. The number of fused-ring (bicyclic) bond motifs is 1. The molecule has 0 spiro atoms. The van der Waals surface area contributed by atoms with Crippen LogP contribution in [0.1, 0.15) is 33.6 Å². The Bertz CT molecular complexity index is 724. The molecular weight excluding hydrogens is 296 g/mol. The van der Waals surface area contributed by atoms with Crippen molar-refractivity contribution in [1.29, 1.82) is 0 Å². The number of benzene rings is 1. The van der Waals surface area contributed by atoms with Gasteiger partial charge in [-0.15, -0.1) is 0 Å². The second kappa shape index (κ2) is 7.00. The van der Waals surface area contributed by atoms with E-state index in [4.69, 9.17) is 4.42 Å². The smallest absolute Gasteiger partial charge is 0.408 e.